The number of halogens is 4. The normalized spacial score (nSPS) is 12.4. The highest BCUT2D eigenvalue weighted by Gasteiger charge is 2.18. The molecule has 0 amide bonds. The zero-order chi connectivity index (χ0) is 43.3. The van der Waals surface area contributed by atoms with E-state index in [9.17, 15) is 20.4 Å². The zero-order valence-corrected chi connectivity index (χ0v) is 39.1. The van der Waals surface area contributed by atoms with Crippen LogP contribution in [0.1, 0.15) is 177 Å². The van der Waals surface area contributed by atoms with Crippen molar-refractivity contribution in [3.63, 3.8) is 0 Å². The van der Waals surface area contributed by atoms with Crippen molar-refractivity contribution >= 4 is 46.4 Å². The molecule has 0 atom stereocenters. The van der Waals surface area contributed by atoms with Gasteiger partial charge in [-0.25, -0.2) is 0 Å². The van der Waals surface area contributed by atoms with E-state index < -0.39 is 0 Å². The van der Waals surface area contributed by atoms with Crippen molar-refractivity contribution < 1.29 is 20.4 Å². The summed E-state index contributed by atoms with van der Waals surface area (Å²) in [5.41, 5.74) is 3.95. The van der Waals surface area contributed by atoms with E-state index in [1.54, 1.807) is 48.5 Å². The van der Waals surface area contributed by atoms with E-state index in [0.717, 1.165) is 65.8 Å². The fraction of sp³-hybridized carbons (Fsp3) is 0.529. The lowest BCUT2D eigenvalue weighted by molar-refractivity contribution is 0.414. The van der Waals surface area contributed by atoms with E-state index in [4.69, 9.17) is 46.4 Å². The van der Waals surface area contributed by atoms with Crippen LogP contribution in [0.4, 0.5) is 0 Å². The van der Waals surface area contributed by atoms with E-state index in [1.807, 2.05) is 24.3 Å². The van der Waals surface area contributed by atoms with E-state index in [2.05, 4.69) is 20.8 Å². The third-order valence-corrected chi connectivity index (χ3v) is 11.7. The second-order valence-electron chi connectivity index (χ2n) is 15.8. The number of unbranched alkanes of at least 4 members (excludes halogenated alkanes) is 12. The van der Waals surface area contributed by atoms with Gasteiger partial charge in [0.05, 0.1) is 0 Å². The van der Waals surface area contributed by atoms with Crippen LogP contribution in [0.5, 0.6) is 23.0 Å². The van der Waals surface area contributed by atoms with Crippen molar-refractivity contribution in [2.45, 2.75) is 174 Å². The van der Waals surface area contributed by atoms with Crippen molar-refractivity contribution in [2.75, 3.05) is 0 Å². The van der Waals surface area contributed by atoms with Crippen LogP contribution in [-0.2, 0) is 19.3 Å². The molecule has 4 nitrogen and oxygen atoms in total. The second kappa shape index (κ2) is 32.0. The van der Waals surface area contributed by atoms with Gasteiger partial charge in [0.25, 0.3) is 0 Å². The van der Waals surface area contributed by atoms with Gasteiger partial charge in [0.2, 0.25) is 0 Å². The van der Waals surface area contributed by atoms with Gasteiger partial charge in [-0.2, -0.15) is 0 Å². The Morgan fingerprint density at radius 2 is 0.695 bits per heavy atom. The lowest BCUT2D eigenvalue weighted by Crippen LogP contribution is -2.04. The molecule has 328 valence electrons. The molecule has 0 aromatic heterocycles. The molecule has 0 heterocycles. The van der Waals surface area contributed by atoms with Gasteiger partial charge in [0.1, 0.15) is 23.0 Å². The number of benzene rings is 4. The zero-order valence-electron chi connectivity index (χ0n) is 36.1. The highest BCUT2D eigenvalue weighted by molar-refractivity contribution is 6.31. The largest absolute Gasteiger partial charge is 0.508 e. The molecular weight excluding hydrogens is 818 g/mol. The van der Waals surface area contributed by atoms with Crippen LogP contribution in [0.3, 0.4) is 0 Å². The van der Waals surface area contributed by atoms with E-state index in [0.29, 0.717) is 44.0 Å². The van der Waals surface area contributed by atoms with Gasteiger partial charge < -0.3 is 20.4 Å². The summed E-state index contributed by atoms with van der Waals surface area (Å²) in [6, 6.07) is 21.1. The quantitative estimate of drug-likeness (QED) is 0.0707. The Bertz CT molecular complexity index is 1710. The Kier molecular flexibility index (Phi) is 28.4. The summed E-state index contributed by atoms with van der Waals surface area (Å²) in [5, 5.41) is 41.3. The van der Waals surface area contributed by atoms with Crippen LogP contribution in [0.2, 0.25) is 20.1 Å². The molecule has 0 aliphatic heterocycles. The second-order valence-corrected chi connectivity index (χ2v) is 17.6. The van der Waals surface area contributed by atoms with E-state index in [1.165, 1.54) is 109 Å². The first-order valence-corrected chi connectivity index (χ1v) is 23.9. The van der Waals surface area contributed by atoms with Crippen LogP contribution in [-0.4, -0.2) is 20.4 Å². The summed E-state index contributed by atoms with van der Waals surface area (Å²) in [6.45, 7) is 6.63. The summed E-state index contributed by atoms with van der Waals surface area (Å²) >= 11 is 23.5. The molecule has 0 unspecified atom stereocenters. The molecule has 59 heavy (non-hydrogen) atoms. The van der Waals surface area contributed by atoms with E-state index >= 15 is 0 Å². The van der Waals surface area contributed by atoms with E-state index in [-0.39, 0.29) is 0 Å². The minimum atomic E-state index is 0.367. The average molecular weight is 891 g/mol. The minimum absolute atomic E-state index is 0.367. The molecule has 1 aliphatic carbocycles. The Balaban J connectivity index is 0.000000271. The van der Waals surface area contributed by atoms with Crippen LogP contribution in [0.25, 0.3) is 0 Å². The smallest absolute Gasteiger partial charge is 0.119 e. The summed E-state index contributed by atoms with van der Waals surface area (Å²) in [7, 11) is 0. The summed E-state index contributed by atoms with van der Waals surface area (Å²) in [4.78, 5) is 0. The van der Waals surface area contributed by atoms with Crippen LogP contribution in [0, 0.1) is 0 Å². The number of phenols is 4. The predicted octanol–water partition coefficient (Wildman–Crippen LogP) is 17.8. The van der Waals surface area contributed by atoms with Crippen LogP contribution >= 0.6 is 46.4 Å². The first kappa shape index (κ1) is 52.4. The molecule has 1 saturated carbocycles. The molecule has 4 N–H and O–H groups in total. The highest BCUT2D eigenvalue weighted by atomic mass is 35.5. The molecule has 0 bridgehead atoms. The number of aryl methyl sites for hydroxylation is 3. The Morgan fingerprint density at radius 1 is 0.390 bits per heavy atom. The maximum Gasteiger partial charge on any atom is 0.119 e. The monoisotopic (exact) mass is 888 g/mol. The fourth-order valence-corrected chi connectivity index (χ4v) is 8.05. The fourth-order valence-electron chi connectivity index (χ4n) is 7.29. The summed E-state index contributed by atoms with van der Waals surface area (Å²) < 4.78 is 0. The van der Waals surface area contributed by atoms with Gasteiger partial charge in [-0.3, -0.25) is 0 Å². The third kappa shape index (κ3) is 23.2. The number of hydrogen-bond acceptors (Lipinski definition) is 4. The lowest BCUT2D eigenvalue weighted by Gasteiger charge is -2.22. The molecule has 0 radical (unpaired) electrons. The Hall–Kier alpha value is -2.76. The van der Waals surface area contributed by atoms with Gasteiger partial charge >= 0.3 is 0 Å². The first-order valence-electron chi connectivity index (χ1n) is 22.4. The van der Waals surface area contributed by atoms with Gasteiger partial charge in [0.15, 0.2) is 0 Å². The Labute approximate surface area is 377 Å². The minimum Gasteiger partial charge on any atom is -0.508 e. The molecule has 4 aromatic rings. The molecule has 1 fully saturated rings. The summed E-state index contributed by atoms with van der Waals surface area (Å²) in [6.07, 6.45) is 27.8. The lowest BCUT2D eigenvalue weighted by atomic mass is 9.84. The summed E-state index contributed by atoms with van der Waals surface area (Å²) in [5.74, 6) is 2.03. The third-order valence-electron chi connectivity index (χ3n) is 10.8. The Morgan fingerprint density at radius 3 is 1.07 bits per heavy atom. The first-order chi connectivity index (χ1) is 28.5. The van der Waals surface area contributed by atoms with Crippen molar-refractivity contribution in [3.05, 3.63) is 115 Å². The maximum absolute atomic E-state index is 9.73. The van der Waals surface area contributed by atoms with Crippen LogP contribution in [0.15, 0.2) is 72.8 Å². The van der Waals surface area contributed by atoms with Gasteiger partial charge in [0, 0.05) is 20.1 Å². The van der Waals surface area contributed by atoms with Crippen molar-refractivity contribution in [1.82, 2.24) is 0 Å². The topological polar surface area (TPSA) is 80.9 Å². The molecule has 0 spiro atoms. The SMILES string of the molecule is CCCCCCCCc1cc(Cl)ccc1O.CCCCCCCc1cc(Cl)ccc1O.CCCCCCc1cc(Cl)ccc1O.Oc1ccc(Cl)cc1C1CCCCC1. The molecule has 5 rings (SSSR count). The van der Waals surface area contributed by atoms with Gasteiger partial charge in [-0.1, -0.05) is 163 Å². The average Bonchev–Trinajstić information content (AvgIpc) is 3.23. The molecule has 0 saturated heterocycles. The molecule has 4 aromatic carbocycles. The van der Waals surface area contributed by atoms with Crippen molar-refractivity contribution in [1.29, 1.82) is 0 Å². The highest BCUT2D eigenvalue weighted by Crippen LogP contribution is 2.38. The van der Waals surface area contributed by atoms with Crippen molar-refractivity contribution in [3.8, 4) is 23.0 Å². The number of rotatable bonds is 19. The maximum atomic E-state index is 9.73. The van der Waals surface area contributed by atoms with Crippen molar-refractivity contribution in [2.24, 2.45) is 0 Å². The standard InChI is InChI=1S/C14H21ClO.C13H19ClO.C12H15ClO.C12H17ClO/c1-2-3-4-5-6-7-8-12-11-13(15)9-10-14(12)16;1-2-3-4-5-6-7-11-10-12(14)8-9-13(11)15;13-10-6-7-12(14)11(8-10)9-4-2-1-3-5-9;1-2-3-4-5-6-10-9-11(13)7-8-12(10)14/h9-11,16H,2-8H2,1H3;8-10,15H,2-7H2,1H3;6-9,14H,1-5H2;7-9,14H,2-6H2,1H3. The molecule has 1 aliphatic rings. The van der Waals surface area contributed by atoms with Gasteiger partial charge in [-0.05, 0) is 152 Å². The van der Waals surface area contributed by atoms with Gasteiger partial charge in [-0.15, -0.1) is 0 Å². The number of hydrogen-bond donors (Lipinski definition) is 4. The predicted molar refractivity (Wildman–Crippen MR) is 256 cm³/mol. The number of aromatic hydroxyl groups is 4. The molecule has 8 heteroatoms. The number of phenolic OH excluding ortho intramolecular Hbond substituents is 4. The van der Waals surface area contributed by atoms with Crippen LogP contribution < -0.4 is 0 Å². The molecular formula is C51H72Cl4O4.